The van der Waals surface area contributed by atoms with Crippen LogP contribution < -0.4 is 5.73 Å². The van der Waals surface area contributed by atoms with Gasteiger partial charge in [-0.2, -0.15) is 5.10 Å². The molecule has 1 aromatic heterocycles. The van der Waals surface area contributed by atoms with E-state index in [1.165, 1.54) is 12.1 Å². The van der Waals surface area contributed by atoms with Crippen molar-refractivity contribution in [3.05, 3.63) is 41.8 Å². The molecule has 1 heterocycles. The second-order valence-corrected chi connectivity index (χ2v) is 4.70. The van der Waals surface area contributed by atoms with Gasteiger partial charge in [-0.05, 0) is 48.7 Å². The van der Waals surface area contributed by atoms with Crippen molar-refractivity contribution in [3.63, 3.8) is 0 Å². The Morgan fingerprint density at radius 1 is 1.29 bits per heavy atom. The number of hydrogen-bond acceptors (Lipinski definition) is 2. The van der Waals surface area contributed by atoms with Gasteiger partial charge in [0.1, 0.15) is 5.82 Å². The van der Waals surface area contributed by atoms with Crippen LogP contribution in [0, 0.1) is 5.82 Å². The highest BCUT2D eigenvalue weighted by Gasteiger charge is 2.42. The summed E-state index contributed by atoms with van der Waals surface area (Å²) >= 11 is 0. The van der Waals surface area contributed by atoms with Crippen molar-refractivity contribution in [2.24, 2.45) is 12.8 Å². The lowest BCUT2D eigenvalue weighted by molar-refractivity contribution is 0.628. The predicted octanol–water partition coefficient (Wildman–Crippen LogP) is 2.17. The summed E-state index contributed by atoms with van der Waals surface area (Å²) in [6.45, 7) is 0. The zero-order valence-electron chi connectivity index (χ0n) is 9.65. The Morgan fingerprint density at radius 3 is 2.53 bits per heavy atom. The Kier molecular flexibility index (Phi) is 2.10. The van der Waals surface area contributed by atoms with Gasteiger partial charge in [0.15, 0.2) is 0 Å². The third kappa shape index (κ3) is 1.74. The molecule has 0 atom stereocenters. The molecule has 4 heteroatoms. The summed E-state index contributed by atoms with van der Waals surface area (Å²) in [7, 11) is 1.88. The summed E-state index contributed by atoms with van der Waals surface area (Å²) in [5, 5.41) is 4.44. The maximum atomic E-state index is 12.9. The highest BCUT2D eigenvalue weighted by molar-refractivity contribution is 5.60. The van der Waals surface area contributed by atoms with Crippen molar-refractivity contribution >= 4 is 0 Å². The highest BCUT2D eigenvalue weighted by Crippen LogP contribution is 2.42. The van der Waals surface area contributed by atoms with Crippen LogP contribution in [0.2, 0.25) is 0 Å². The first-order valence-electron chi connectivity index (χ1n) is 5.68. The first-order chi connectivity index (χ1) is 8.08. The molecule has 0 saturated heterocycles. The van der Waals surface area contributed by atoms with Crippen LogP contribution in [0.25, 0.3) is 11.3 Å². The van der Waals surface area contributed by atoms with Crippen LogP contribution in [-0.4, -0.2) is 9.78 Å². The Labute approximate surface area is 99.1 Å². The molecule has 17 heavy (non-hydrogen) atoms. The molecule has 3 nitrogen and oxygen atoms in total. The van der Waals surface area contributed by atoms with Crippen LogP contribution in [-0.2, 0) is 12.6 Å². The summed E-state index contributed by atoms with van der Waals surface area (Å²) in [6.07, 6.45) is 1.99. The fourth-order valence-corrected chi connectivity index (χ4v) is 1.99. The maximum Gasteiger partial charge on any atom is 0.123 e. The van der Waals surface area contributed by atoms with Crippen LogP contribution >= 0.6 is 0 Å². The van der Waals surface area contributed by atoms with Gasteiger partial charge in [-0.3, -0.25) is 4.68 Å². The van der Waals surface area contributed by atoms with E-state index in [0.717, 1.165) is 29.8 Å². The summed E-state index contributed by atoms with van der Waals surface area (Å²) in [4.78, 5) is 0. The Hall–Kier alpha value is -1.68. The first kappa shape index (κ1) is 10.5. The molecule has 0 aliphatic heterocycles. The molecule has 1 aliphatic carbocycles. The minimum atomic E-state index is -0.228. The van der Waals surface area contributed by atoms with Crippen LogP contribution in [0.1, 0.15) is 18.5 Å². The van der Waals surface area contributed by atoms with E-state index in [4.69, 9.17) is 5.73 Å². The number of hydrogen-bond donors (Lipinski definition) is 1. The van der Waals surface area contributed by atoms with E-state index in [0.29, 0.717) is 0 Å². The second kappa shape index (κ2) is 3.40. The van der Waals surface area contributed by atoms with Gasteiger partial charge in [0.2, 0.25) is 0 Å². The quantitative estimate of drug-likeness (QED) is 0.860. The number of benzene rings is 1. The predicted molar refractivity (Wildman–Crippen MR) is 63.7 cm³/mol. The summed E-state index contributed by atoms with van der Waals surface area (Å²) in [5.74, 6) is -0.228. The molecule has 3 rings (SSSR count). The van der Waals surface area contributed by atoms with Crippen molar-refractivity contribution in [1.82, 2.24) is 9.78 Å². The molecular weight excluding hydrogens is 217 g/mol. The number of nitrogens with zero attached hydrogens (tertiary/aromatic N) is 2. The smallest absolute Gasteiger partial charge is 0.123 e. The van der Waals surface area contributed by atoms with Gasteiger partial charge >= 0.3 is 0 Å². The lowest BCUT2D eigenvalue weighted by atomic mass is 10.1. The van der Waals surface area contributed by atoms with Crippen molar-refractivity contribution in [1.29, 1.82) is 0 Å². The Morgan fingerprint density at radius 2 is 1.94 bits per heavy atom. The van der Waals surface area contributed by atoms with Crippen LogP contribution in [0.5, 0.6) is 0 Å². The van der Waals surface area contributed by atoms with Gasteiger partial charge < -0.3 is 5.73 Å². The lowest BCUT2D eigenvalue weighted by Crippen LogP contribution is -2.19. The van der Waals surface area contributed by atoms with Gasteiger partial charge in [-0.15, -0.1) is 0 Å². The van der Waals surface area contributed by atoms with E-state index >= 15 is 0 Å². The number of aromatic nitrogens is 2. The number of aryl methyl sites for hydroxylation is 1. The van der Waals surface area contributed by atoms with E-state index in [-0.39, 0.29) is 11.4 Å². The third-order valence-corrected chi connectivity index (χ3v) is 3.32. The van der Waals surface area contributed by atoms with Gasteiger partial charge in [-0.25, -0.2) is 4.39 Å². The minimum absolute atomic E-state index is 0.226. The van der Waals surface area contributed by atoms with Gasteiger partial charge in [0, 0.05) is 7.05 Å². The van der Waals surface area contributed by atoms with Gasteiger partial charge in [0.25, 0.3) is 0 Å². The third-order valence-electron chi connectivity index (χ3n) is 3.32. The van der Waals surface area contributed by atoms with E-state index in [1.54, 1.807) is 16.8 Å². The Balaban J connectivity index is 2.03. The molecule has 0 bridgehead atoms. The topological polar surface area (TPSA) is 43.8 Å². The van der Waals surface area contributed by atoms with Crippen molar-refractivity contribution < 1.29 is 4.39 Å². The van der Waals surface area contributed by atoms with E-state index in [9.17, 15) is 4.39 Å². The zero-order valence-corrected chi connectivity index (χ0v) is 9.65. The summed E-state index contributed by atoms with van der Waals surface area (Å²) in [6, 6.07) is 8.42. The first-order valence-corrected chi connectivity index (χ1v) is 5.68. The lowest BCUT2D eigenvalue weighted by Gasteiger charge is -2.01. The molecule has 88 valence electrons. The molecular formula is C13H14FN3. The molecule has 1 saturated carbocycles. The fraction of sp³-hybridized carbons (Fsp3) is 0.308. The molecule has 0 unspecified atom stereocenters. The summed E-state index contributed by atoms with van der Waals surface area (Å²) in [5.41, 5.74) is 8.74. The van der Waals surface area contributed by atoms with Gasteiger partial charge in [0.05, 0.1) is 16.9 Å². The minimum Gasteiger partial charge on any atom is -0.320 e. The average Bonchev–Trinajstić information content (AvgIpc) is 2.93. The van der Waals surface area contributed by atoms with Gasteiger partial charge in [-0.1, -0.05) is 0 Å². The van der Waals surface area contributed by atoms with Crippen LogP contribution in [0.4, 0.5) is 4.39 Å². The second-order valence-electron chi connectivity index (χ2n) is 4.70. The van der Waals surface area contributed by atoms with Crippen molar-refractivity contribution in [3.8, 4) is 11.3 Å². The molecule has 1 fully saturated rings. The highest BCUT2D eigenvalue weighted by atomic mass is 19.1. The molecule has 0 spiro atoms. The molecule has 2 aromatic rings. The van der Waals surface area contributed by atoms with E-state index < -0.39 is 0 Å². The van der Waals surface area contributed by atoms with E-state index in [2.05, 4.69) is 5.10 Å². The molecule has 0 amide bonds. The molecule has 1 aromatic carbocycles. The summed E-state index contributed by atoms with van der Waals surface area (Å²) < 4.78 is 14.7. The van der Waals surface area contributed by atoms with Crippen LogP contribution in [0.3, 0.4) is 0 Å². The normalized spacial score (nSPS) is 17.1. The largest absolute Gasteiger partial charge is 0.320 e. The number of rotatable bonds is 2. The maximum absolute atomic E-state index is 12.9. The molecule has 1 aliphatic rings. The monoisotopic (exact) mass is 231 g/mol. The van der Waals surface area contributed by atoms with E-state index in [1.807, 2.05) is 13.1 Å². The SMILES string of the molecule is Cn1nc(C2(N)CC2)cc1-c1ccc(F)cc1. The van der Waals surface area contributed by atoms with Crippen molar-refractivity contribution in [2.45, 2.75) is 18.4 Å². The number of nitrogens with two attached hydrogens (primary N) is 1. The average molecular weight is 231 g/mol. The molecule has 2 N–H and O–H groups in total. The standard InChI is InChI=1S/C13H14FN3/c1-17-11(9-2-4-10(14)5-3-9)8-12(16-17)13(15)6-7-13/h2-5,8H,6-7,15H2,1H3. The number of halogens is 1. The van der Waals surface area contributed by atoms with Crippen molar-refractivity contribution in [2.75, 3.05) is 0 Å². The zero-order chi connectivity index (χ0) is 12.0. The molecule has 0 radical (unpaired) electrons. The van der Waals surface area contributed by atoms with Crippen LogP contribution in [0.15, 0.2) is 30.3 Å². The Bertz CT molecular complexity index is 553. The fourth-order valence-electron chi connectivity index (χ4n) is 1.99.